The predicted molar refractivity (Wildman–Crippen MR) is 115 cm³/mol. The number of unbranched alkanes of at least 4 members (excludes halogenated alkanes) is 2. The van der Waals surface area contributed by atoms with E-state index in [4.69, 9.17) is 9.47 Å². The number of fused-ring (bicyclic) bond motifs is 3. The standard InChI is InChI=1S/C24H32N2O2/c1-4-5-6-14-25-15-13-24-22(17-25)21-16-20(28-3)11-12-23(21)26(24)18-7-9-19(27-2)10-8-18/h7-12,16,22,24H,4-6,13-15,17H2,1-3H3/t22-,24+/m0/s1. The Morgan fingerprint density at radius 3 is 2.43 bits per heavy atom. The highest BCUT2D eigenvalue weighted by Crippen LogP contribution is 2.49. The molecule has 4 rings (SSSR count). The molecule has 0 unspecified atom stereocenters. The lowest BCUT2D eigenvalue weighted by Gasteiger charge is -2.39. The molecule has 2 aromatic carbocycles. The summed E-state index contributed by atoms with van der Waals surface area (Å²) < 4.78 is 10.9. The number of benzene rings is 2. The van der Waals surface area contributed by atoms with Crippen LogP contribution in [-0.4, -0.2) is 44.8 Å². The van der Waals surface area contributed by atoms with Gasteiger partial charge in [0.15, 0.2) is 0 Å². The van der Waals surface area contributed by atoms with Crippen LogP contribution in [0.5, 0.6) is 11.5 Å². The lowest BCUT2D eigenvalue weighted by atomic mass is 9.88. The monoisotopic (exact) mass is 380 g/mol. The Balaban J connectivity index is 1.64. The van der Waals surface area contributed by atoms with Gasteiger partial charge in [-0.05, 0) is 67.4 Å². The van der Waals surface area contributed by atoms with E-state index in [1.54, 1.807) is 14.2 Å². The van der Waals surface area contributed by atoms with Crippen molar-refractivity contribution < 1.29 is 9.47 Å². The van der Waals surface area contributed by atoms with Crippen LogP contribution >= 0.6 is 0 Å². The molecule has 28 heavy (non-hydrogen) atoms. The summed E-state index contributed by atoms with van der Waals surface area (Å²) in [6.45, 7) is 5.82. The summed E-state index contributed by atoms with van der Waals surface area (Å²) in [6.07, 6.45) is 5.11. The third kappa shape index (κ3) is 3.58. The Morgan fingerprint density at radius 2 is 1.71 bits per heavy atom. The van der Waals surface area contributed by atoms with Gasteiger partial charge in [-0.25, -0.2) is 0 Å². The molecule has 2 heterocycles. The van der Waals surface area contributed by atoms with E-state index in [0.717, 1.165) is 18.0 Å². The van der Waals surface area contributed by atoms with Gasteiger partial charge in [0, 0.05) is 36.4 Å². The number of likely N-dealkylation sites (tertiary alicyclic amines) is 1. The van der Waals surface area contributed by atoms with Gasteiger partial charge >= 0.3 is 0 Å². The van der Waals surface area contributed by atoms with E-state index >= 15 is 0 Å². The van der Waals surface area contributed by atoms with Gasteiger partial charge in [-0.2, -0.15) is 0 Å². The largest absolute Gasteiger partial charge is 0.497 e. The van der Waals surface area contributed by atoms with Gasteiger partial charge in [0.25, 0.3) is 0 Å². The zero-order valence-corrected chi connectivity index (χ0v) is 17.4. The van der Waals surface area contributed by atoms with Crippen molar-refractivity contribution in [2.45, 2.75) is 44.6 Å². The summed E-state index contributed by atoms with van der Waals surface area (Å²) in [5, 5.41) is 0. The van der Waals surface area contributed by atoms with Gasteiger partial charge in [-0.3, -0.25) is 0 Å². The Kier molecular flexibility index (Phi) is 5.77. The Morgan fingerprint density at radius 1 is 0.964 bits per heavy atom. The number of anilines is 2. The summed E-state index contributed by atoms with van der Waals surface area (Å²) >= 11 is 0. The van der Waals surface area contributed by atoms with Crippen LogP contribution in [-0.2, 0) is 0 Å². The van der Waals surface area contributed by atoms with E-state index in [-0.39, 0.29) is 0 Å². The Hall–Kier alpha value is -2.20. The first-order valence-electron chi connectivity index (χ1n) is 10.6. The van der Waals surface area contributed by atoms with Crippen LogP contribution in [0.15, 0.2) is 42.5 Å². The van der Waals surface area contributed by atoms with Gasteiger partial charge in [0.1, 0.15) is 11.5 Å². The van der Waals surface area contributed by atoms with Crippen LogP contribution in [0.4, 0.5) is 11.4 Å². The normalized spacial score (nSPS) is 21.3. The van der Waals surface area contributed by atoms with E-state index in [1.165, 1.54) is 55.7 Å². The van der Waals surface area contributed by atoms with Crippen molar-refractivity contribution in [1.82, 2.24) is 4.90 Å². The number of nitrogens with zero attached hydrogens (tertiary/aromatic N) is 2. The maximum atomic E-state index is 5.55. The van der Waals surface area contributed by atoms with Gasteiger partial charge in [0.2, 0.25) is 0 Å². The quantitative estimate of drug-likeness (QED) is 0.616. The van der Waals surface area contributed by atoms with Crippen LogP contribution < -0.4 is 14.4 Å². The highest BCUT2D eigenvalue weighted by atomic mass is 16.5. The second-order valence-electron chi connectivity index (χ2n) is 7.96. The van der Waals surface area contributed by atoms with Gasteiger partial charge in [-0.15, -0.1) is 0 Å². The average molecular weight is 381 g/mol. The molecule has 1 fully saturated rings. The highest BCUT2D eigenvalue weighted by molar-refractivity contribution is 5.74. The molecular weight excluding hydrogens is 348 g/mol. The average Bonchev–Trinajstić information content (AvgIpc) is 3.07. The zero-order chi connectivity index (χ0) is 19.5. The first kappa shape index (κ1) is 19.1. The van der Waals surface area contributed by atoms with E-state index in [2.05, 4.69) is 59.2 Å². The second-order valence-corrected chi connectivity index (χ2v) is 7.96. The predicted octanol–water partition coefficient (Wildman–Crippen LogP) is 5.20. The molecule has 150 valence electrons. The minimum Gasteiger partial charge on any atom is -0.497 e. The molecule has 4 nitrogen and oxygen atoms in total. The number of piperidine rings is 1. The van der Waals surface area contributed by atoms with Crippen molar-refractivity contribution in [2.24, 2.45) is 0 Å². The van der Waals surface area contributed by atoms with Crippen molar-refractivity contribution in [2.75, 3.05) is 38.8 Å². The third-order valence-corrected chi connectivity index (χ3v) is 6.31. The maximum absolute atomic E-state index is 5.55. The molecule has 0 bridgehead atoms. The van der Waals surface area contributed by atoms with Crippen LogP contribution in [0, 0.1) is 0 Å². The minimum atomic E-state index is 0.512. The molecule has 2 aliphatic heterocycles. The van der Waals surface area contributed by atoms with Crippen LogP contribution in [0.25, 0.3) is 0 Å². The lowest BCUT2D eigenvalue weighted by Crippen LogP contribution is -2.45. The fourth-order valence-corrected chi connectivity index (χ4v) is 4.84. The topological polar surface area (TPSA) is 24.9 Å². The van der Waals surface area contributed by atoms with Gasteiger partial charge < -0.3 is 19.3 Å². The van der Waals surface area contributed by atoms with Crippen molar-refractivity contribution in [1.29, 1.82) is 0 Å². The molecule has 0 aromatic heterocycles. The molecule has 0 radical (unpaired) electrons. The first-order valence-corrected chi connectivity index (χ1v) is 10.6. The van der Waals surface area contributed by atoms with Crippen molar-refractivity contribution >= 4 is 11.4 Å². The molecule has 2 aliphatic rings. The highest BCUT2D eigenvalue weighted by Gasteiger charge is 2.42. The molecule has 1 saturated heterocycles. The lowest BCUT2D eigenvalue weighted by molar-refractivity contribution is 0.193. The summed E-state index contributed by atoms with van der Waals surface area (Å²) in [5.74, 6) is 2.39. The van der Waals surface area contributed by atoms with E-state index in [0.29, 0.717) is 12.0 Å². The van der Waals surface area contributed by atoms with E-state index in [1.807, 2.05) is 0 Å². The number of rotatable bonds is 7. The van der Waals surface area contributed by atoms with Gasteiger partial charge in [0.05, 0.1) is 14.2 Å². The molecule has 0 saturated carbocycles. The van der Waals surface area contributed by atoms with E-state index < -0.39 is 0 Å². The fraction of sp³-hybridized carbons (Fsp3) is 0.500. The van der Waals surface area contributed by atoms with Crippen LogP contribution in [0.3, 0.4) is 0 Å². The fourth-order valence-electron chi connectivity index (χ4n) is 4.84. The Bertz CT molecular complexity index is 790. The van der Waals surface area contributed by atoms with Crippen molar-refractivity contribution in [3.63, 3.8) is 0 Å². The molecule has 0 aliphatic carbocycles. The summed E-state index contributed by atoms with van der Waals surface area (Å²) in [5.41, 5.74) is 4.01. The number of methoxy groups -OCH3 is 2. The first-order chi connectivity index (χ1) is 13.7. The SMILES string of the molecule is CCCCCN1CC[C@@H]2[C@@H](C1)c1cc(OC)ccc1N2c1ccc(OC)cc1. The van der Waals surface area contributed by atoms with Crippen molar-refractivity contribution in [3.05, 3.63) is 48.0 Å². The molecule has 2 aromatic rings. The molecule has 4 heteroatoms. The van der Waals surface area contributed by atoms with Gasteiger partial charge in [-0.1, -0.05) is 19.8 Å². The molecule has 0 N–H and O–H groups in total. The summed E-state index contributed by atoms with van der Waals surface area (Å²) in [6, 6.07) is 15.6. The number of ether oxygens (including phenoxy) is 2. The van der Waals surface area contributed by atoms with Crippen LogP contribution in [0.2, 0.25) is 0 Å². The molecule has 0 spiro atoms. The summed E-state index contributed by atoms with van der Waals surface area (Å²) in [4.78, 5) is 5.21. The molecule has 2 atom stereocenters. The smallest absolute Gasteiger partial charge is 0.119 e. The zero-order valence-electron chi connectivity index (χ0n) is 17.4. The molecule has 0 amide bonds. The number of hydrogen-bond donors (Lipinski definition) is 0. The van der Waals surface area contributed by atoms with Crippen LogP contribution in [0.1, 0.15) is 44.1 Å². The number of hydrogen-bond acceptors (Lipinski definition) is 4. The maximum Gasteiger partial charge on any atom is 0.119 e. The third-order valence-electron chi connectivity index (χ3n) is 6.31. The molecular formula is C24H32N2O2. The summed E-state index contributed by atoms with van der Waals surface area (Å²) in [7, 11) is 3.48. The minimum absolute atomic E-state index is 0.512. The van der Waals surface area contributed by atoms with Crippen molar-refractivity contribution in [3.8, 4) is 11.5 Å². The second kappa shape index (κ2) is 8.44. The van der Waals surface area contributed by atoms with E-state index in [9.17, 15) is 0 Å². The Labute approximate surface area is 169 Å².